The number of nitrogens with one attached hydrogen (secondary N) is 2. The van der Waals surface area contributed by atoms with Crippen LogP contribution in [0.1, 0.15) is 12.0 Å². The summed E-state index contributed by atoms with van der Waals surface area (Å²) in [5.74, 6) is 0. The van der Waals surface area contributed by atoms with E-state index in [-0.39, 0.29) is 0 Å². The molecule has 1 saturated heterocycles. The average Bonchev–Trinajstić information content (AvgIpc) is 2.81. The molecule has 0 radical (unpaired) electrons. The predicted molar refractivity (Wildman–Crippen MR) is 64.4 cm³/mol. The van der Waals surface area contributed by atoms with E-state index in [0.29, 0.717) is 6.10 Å². The van der Waals surface area contributed by atoms with Crippen molar-refractivity contribution in [2.75, 3.05) is 33.3 Å². The third-order valence-corrected chi connectivity index (χ3v) is 2.95. The minimum atomic E-state index is 0.391. The first-order valence-corrected chi connectivity index (χ1v) is 5.97. The maximum atomic E-state index is 5.67. The van der Waals surface area contributed by atoms with E-state index < -0.39 is 0 Å². The second kappa shape index (κ2) is 6.03. The van der Waals surface area contributed by atoms with Crippen LogP contribution in [0.3, 0.4) is 0 Å². The molecule has 0 spiro atoms. The topological polar surface area (TPSA) is 40.3 Å². The van der Waals surface area contributed by atoms with Gasteiger partial charge in [0.25, 0.3) is 0 Å². The quantitative estimate of drug-likeness (QED) is 0.776. The zero-order valence-electron chi connectivity index (χ0n) is 9.91. The molecule has 4 nitrogen and oxygen atoms in total. The molecule has 0 bridgehead atoms. The van der Waals surface area contributed by atoms with Crippen LogP contribution in [-0.2, 0) is 11.3 Å². The number of nitrogens with zero attached hydrogens (tertiary/aromatic N) is 1. The SMILES string of the molecule is CN(CCC1CNCCO1)Cc1cc[nH]c1. The van der Waals surface area contributed by atoms with Gasteiger partial charge in [0.2, 0.25) is 0 Å². The van der Waals surface area contributed by atoms with Crippen molar-refractivity contribution in [2.24, 2.45) is 0 Å². The molecule has 2 N–H and O–H groups in total. The molecule has 1 atom stereocenters. The molecule has 0 saturated carbocycles. The maximum absolute atomic E-state index is 5.67. The average molecular weight is 223 g/mol. The van der Waals surface area contributed by atoms with E-state index in [4.69, 9.17) is 4.74 Å². The van der Waals surface area contributed by atoms with Crippen molar-refractivity contribution < 1.29 is 4.74 Å². The summed E-state index contributed by atoms with van der Waals surface area (Å²) in [5.41, 5.74) is 1.34. The van der Waals surface area contributed by atoms with Crippen LogP contribution in [-0.4, -0.2) is 49.3 Å². The molecule has 2 heterocycles. The lowest BCUT2D eigenvalue weighted by Gasteiger charge is -2.25. The van der Waals surface area contributed by atoms with Crippen molar-refractivity contribution in [2.45, 2.75) is 19.1 Å². The van der Waals surface area contributed by atoms with E-state index in [9.17, 15) is 0 Å². The van der Waals surface area contributed by atoms with Crippen LogP contribution in [0.15, 0.2) is 18.5 Å². The normalized spacial score (nSPS) is 21.5. The Hall–Kier alpha value is -0.840. The van der Waals surface area contributed by atoms with Gasteiger partial charge in [0, 0.05) is 38.6 Å². The van der Waals surface area contributed by atoms with Crippen molar-refractivity contribution >= 4 is 0 Å². The van der Waals surface area contributed by atoms with Crippen LogP contribution in [0.5, 0.6) is 0 Å². The Labute approximate surface area is 97.0 Å². The van der Waals surface area contributed by atoms with Crippen molar-refractivity contribution in [3.63, 3.8) is 0 Å². The van der Waals surface area contributed by atoms with Crippen LogP contribution >= 0.6 is 0 Å². The number of hydrogen-bond acceptors (Lipinski definition) is 3. The van der Waals surface area contributed by atoms with E-state index in [1.54, 1.807) is 0 Å². The second-order valence-electron chi connectivity index (χ2n) is 4.44. The molecule has 1 aliphatic rings. The lowest BCUT2D eigenvalue weighted by molar-refractivity contribution is 0.0184. The highest BCUT2D eigenvalue weighted by molar-refractivity contribution is 5.07. The van der Waals surface area contributed by atoms with E-state index in [1.165, 1.54) is 5.56 Å². The molecule has 4 heteroatoms. The van der Waals surface area contributed by atoms with Crippen molar-refractivity contribution in [3.8, 4) is 0 Å². The molecule has 0 aromatic carbocycles. The standard InChI is InChI=1S/C12H21N3O/c1-15(10-11-2-4-13-8-11)6-3-12-9-14-5-7-16-12/h2,4,8,12-14H,3,5-7,9-10H2,1H3. The summed E-state index contributed by atoms with van der Waals surface area (Å²) in [6, 6.07) is 2.12. The highest BCUT2D eigenvalue weighted by Gasteiger charge is 2.13. The molecular formula is C12H21N3O. The van der Waals surface area contributed by atoms with E-state index in [0.717, 1.165) is 39.2 Å². The van der Waals surface area contributed by atoms with Crippen LogP contribution in [0, 0.1) is 0 Å². The molecule has 16 heavy (non-hydrogen) atoms. The Balaban J connectivity index is 1.65. The minimum Gasteiger partial charge on any atom is -0.376 e. The molecule has 1 aromatic heterocycles. The lowest BCUT2D eigenvalue weighted by Crippen LogP contribution is -2.40. The van der Waals surface area contributed by atoms with Crippen molar-refractivity contribution in [3.05, 3.63) is 24.0 Å². The Morgan fingerprint density at radius 2 is 2.50 bits per heavy atom. The monoisotopic (exact) mass is 223 g/mol. The predicted octanol–water partition coefficient (Wildman–Crippen LogP) is 0.825. The summed E-state index contributed by atoms with van der Waals surface area (Å²) in [7, 11) is 2.16. The number of ether oxygens (including phenoxy) is 1. The van der Waals surface area contributed by atoms with Crippen LogP contribution in [0.2, 0.25) is 0 Å². The molecule has 90 valence electrons. The summed E-state index contributed by atoms with van der Waals surface area (Å²) in [5, 5.41) is 3.36. The Morgan fingerprint density at radius 3 is 3.19 bits per heavy atom. The van der Waals surface area contributed by atoms with Crippen LogP contribution in [0.4, 0.5) is 0 Å². The van der Waals surface area contributed by atoms with E-state index in [2.05, 4.69) is 34.5 Å². The molecule has 1 aliphatic heterocycles. The fraction of sp³-hybridized carbons (Fsp3) is 0.667. The second-order valence-corrected chi connectivity index (χ2v) is 4.44. The van der Waals surface area contributed by atoms with Gasteiger partial charge in [-0.1, -0.05) is 0 Å². The third kappa shape index (κ3) is 3.63. The highest BCUT2D eigenvalue weighted by atomic mass is 16.5. The molecule has 1 aromatic rings. The third-order valence-electron chi connectivity index (χ3n) is 2.95. The van der Waals surface area contributed by atoms with E-state index >= 15 is 0 Å². The number of rotatable bonds is 5. The summed E-state index contributed by atoms with van der Waals surface area (Å²) in [6.45, 7) is 4.93. The zero-order valence-corrected chi connectivity index (χ0v) is 9.91. The van der Waals surface area contributed by atoms with Gasteiger partial charge in [-0.25, -0.2) is 0 Å². The van der Waals surface area contributed by atoms with Gasteiger partial charge in [0.05, 0.1) is 12.7 Å². The first-order chi connectivity index (χ1) is 7.84. The van der Waals surface area contributed by atoms with Crippen LogP contribution < -0.4 is 5.32 Å². The van der Waals surface area contributed by atoms with Gasteiger partial charge in [-0.3, -0.25) is 0 Å². The van der Waals surface area contributed by atoms with Crippen LogP contribution in [0.25, 0.3) is 0 Å². The maximum Gasteiger partial charge on any atom is 0.0712 e. The fourth-order valence-corrected chi connectivity index (χ4v) is 2.02. The van der Waals surface area contributed by atoms with Gasteiger partial charge in [0.15, 0.2) is 0 Å². The molecule has 0 amide bonds. The number of aromatic amines is 1. The molecule has 1 fully saturated rings. The lowest BCUT2D eigenvalue weighted by atomic mass is 10.2. The van der Waals surface area contributed by atoms with Gasteiger partial charge in [-0.2, -0.15) is 0 Å². The number of H-pyrrole nitrogens is 1. The molecule has 2 rings (SSSR count). The van der Waals surface area contributed by atoms with Crippen molar-refractivity contribution in [1.29, 1.82) is 0 Å². The summed E-state index contributed by atoms with van der Waals surface area (Å²) in [6.07, 6.45) is 5.52. The minimum absolute atomic E-state index is 0.391. The van der Waals surface area contributed by atoms with Gasteiger partial charge < -0.3 is 19.9 Å². The zero-order chi connectivity index (χ0) is 11.2. The summed E-state index contributed by atoms with van der Waals surface area (Å²) in [4.78, 5) is 5.41. The largest absolute Gasteiger partial charge is 0.376 e. The molecule has 0 aliphatic carbocycles. The van der Waals surface area contributed by atoms with Gasteiger partial charge >= 0.3 is 0 Å². The number of hydrogen-bond donors (Lipinski definition) is 2. The summed E-state index contributed by atoms with van der Waals surface area (Å²) >= 11 is 0. The van der Waals surface area contributed by atoms with Gasteiger partial charge in [-0.15, -0.1) is 0 Å². The Bertz CT molecular complexity index is 280. The summed E-state index contributed by atoms with van der Waals surface area (Å²) < 4.78 is 5.67. The molecule has 1 unspecified atom stereocenters. The van der Waals surface area contributed by atoms with Crippen molar-refractivity contribution in [1.82, 2.24) is 15.2 Å². The first kappa shape index (κ1) is 11.6. The Kier molecular flexibility index (Phi) is 4.39. The number of morpholine rings is 1. The van der Waals surface area contributed by atoms with Gasteiger partial charge in [-0.05, 0) is 25.1 Å². The smallest absolute Gasteiger partial charge is 0.0712 e. The molecular weight excluding hydrogens is 202 g/mol. The first-order valence-electron chi connectivity index (χ1n) is 5.97. The fourth-order valence-electron chi connectivity index (χ4n) is 2.02. The highest BCUT2D eigenvalue weighted by Crippen LogP contribution is 2.05. The van der Waals surface area contributed by atoms with Gasteiger partial charge in [0.1, 0.15) is 0 Å². The Morgan fingerprint density at radius 1 is 1.56 bits per heavy atom. The van der Waals surface area contributed by atoms with E-state index in [1.807, 2.05) is 6.20 Å². The number of aromatic nitrogens is 1.